The number of amidine groups is 1. The number of hydrogen-bond donors (Lipinski definition) is 3. The molecule has 1 unspecified atom stereocenters. The number of nitrogens with zero attached hydrogens (tertiary/aromatic N) is 5. The van der Waals surface area contributed by atoms with Gasteiger partial charge in [0.15, 0.2) is 11.5 Å². The van der Waals surface area contributed by atoms with Crippen molar-refractivity contribution in [1.82, 2.24) is 15.3 Å². The number of fused-ring (bicyclic) bond motifs is 1. The number of anilines is 1. The van der Waals surface area contributed by atoms with Gasteiger partial charge in [-0.2, -0.15) is 10.4 Å². The molecule has 9 nitrogen and oxygen atoms in total. The highest BCUT2D eigenvalue weighted by Gasteiger charge is 2.44. The van der Waals surface area contributed by atoms with Crippen molar-refractivity contribution in [2.75, 3.05) is 37.6 Å². The Labute approximate surface area is 179 Å². The normalized spacial score (nSPS) is 24.0. The number of guanidine groups is 1. The number of halogens is 1. The molecule has 5 N–H and O–H groups in total. The fraction of sp³-hybridized carbons (Fsp3) is 0.333. The summed E-state index contributed by atoms with van der Waals surface area (Å²) in [5.41, 5.74) is 15.1. The van der Waals surface area contributed by atoms with Crippen LogP contribution in [0.2, 0.25) is 0 Å². The Balaban J connectivity index is 1.29. The van der Waals surface area contributed by atoms with Gasteiger partial charge in [0, 0.05) is 45.2 Å². The molecule has 10 heteroatoms. The minimum Gasteiger partial charge on any atom is -0.465 e. The topological polar surface area (TPSA) is 112 Å². The maximum absolute atomic E-state index is 14.1. The van der Waals surface area contributed by atoms with Crippen LogP contribution in [0.3, 0.4) is 0 Å². The van der Waals surface area contributed by atoms with Crippen molar-refractivity contribution in [1.29, 1.82) is 0 Å². The Kier molecular flexibility index (Phi) is 4.87. The zero-order valence-corrected chi connectivity index (χ0v) is 17.0. The average Bonchev–Trinajstić information content (AvgIpc) is 3.42. The van der Waals surface area contributed by atoms with Gasteiger partial charge in [-0.25, -0.2) is 14.4 Å². The number of hydrogen-bond acceptors (Lipinski definition) is 9. The van der Waals surface area contributed by atoms with Crippen molar-refractivity contribution in [2.45, 2.75) is 12.1 Å². The molecule has 1 atom stereocenters. The van der Waals surface area contributed by atoms with Gasteiger partial charge in [-0.3, -0.25) is 4.90 Å². The van der Waals surface area contributed by atoms with Gasteiger partial charge >= 0.3 is 0 Å². The first-order valence-corrected chi connectivity index (χ1v) is 10.3. The second-order valence-electron chi connectivity index (χ2n) is 7.82. The quantitative estimate of drug-likeness (QED) is 0.660. The van der Waals surface area contributed by atoms with Crippen LogP contribution in [-0.4, -0.2) is 54.4 Å². The molecule has 1 aromatic carbocycles. The van der Waals surface area contributed by atoms with E-state index in [1.54, 1.807) is 23.4 Å². The van der Waals surface area contributed by atoms with E-state index in [-0.39, 0.29) is 11.8 Å². The van der Waals surface area contributed by atoms with Gasteiger partial charge in [0.1, 0.15) is 17.4 Å². The van der Waals surface area contributed by atoms with E-state index in [9.17, 15) is 4.39 Å². The lowest BCUT2D eigenvalue weighted by atomic mass is 10.0. The largest absolute Gasteiger partial charge is 0.465 e. The molecule has 1 saturated heterocycles. The molecule has 31 heavy (non-hydrogen) atoms. The van der Waals surface area contributed by atoms with Gasteiger partial charge < -0.3 is 20.8 Å². The second-order valence-corrected chi connectivity index (χ2v) is 7.82. The minimum absolute atomic E-state index is 0.179. The first-order valence-electron chi connectivity index (χ1n) is 10.3. The number of rotatable bonds is 5. The third-order valence-corrected chi connectivity index (χ3v) is 5.87. The van der Waals surface area contributed by atoms with Crippen LogP contribution < -0.4 is 21.8 Å². The van der Waals surface area contributed by atoms with E-state index >= 15 is 0 Å². The molecular weight excluding hydrogens is 399 g/mol. The standard InChI is InChI=1S/C21H25FN8O/c22-15-4-1-2-5-16(15)29-11-9-28(10-12-29)8-7-21(17-6-3-13-31-17)26-19-14-18(23)25-20(24)30(19)27-21/h1-6,13-14,27H,7-12,23H2,(H2,24,25). The summed E-state index contributed by atoms with van der Waals surface area (Å²) in [6, 6.07) is 10.7. The monoisotopic (exact) mass is 424 g/mol. The van der Waals surface area contributed by atoms with Gasteiger partial charge in [-0.1, -0.05) is 12.1 Å². The first kappa shape index (κ1) is 19.6. The number of nitrogens with two attached hydrogens (primary N) is 2. The Morgan fingerprint density at radius 2 is 1.90 bits per heavy atom. The molecule has 0 spiro atoms. The Morgan fingerprint density at radius 1 is 1.10 bits per heavy atom. The number of nitrogens with one attached hydrogen (secondary N) is 1. The SMILES string of the molecule is NC1=CC2=NC(CCN3CCN(c4ccccc4F)CC3)(c3ccco3)NN2C(N)=N1. The zero-order valence-electron chi connectivity index (χ0n) is 17.0. The molecule has 0 saturated carbocycles. The molecule has 0 aliphatic carbocycles. The number of benzene rings is 1. The van der Waals surface area contributed by atoms with E-state index in [2.05, 4.69) is 20.2 Å². The molecule has 4 heterocycles. The van der Waals surface area contributed by atoms with Crippen LogP contribution in [-0.2, 0) is 5.66 Å². The van der Waals surface area contributed by atoms with E-state index in [0.717, 1.165) is 32.7 Å². The van der Waals surface area contributed by atoms with E-state index in [0.29, 0.717) is 29.5 Å². The third kappa shape index (κ3) is 3.64. The average molecular weight is 424 g/mol. The van der Waals surface area contributed by atoms with Crippen molar-refractivity contribution in [3.05, 3.63) is 66.1 Å². The van der Waals surface area contributed by atoms with Crippen LogP contribution in [0.4, 0.5) is 10.1 Å². The number of piperazine rings is 1. The molecule has 0 amide bonds. The fourth-order valence-electron chi connectivity index (χ4n) is 4.23. The van der Waals surface area contributed by atoms with Gasteiger partial charge in [0.05, 0.1) is 12.0 Å². The van der Waals surface area contributed by atoms with Crippen LogP contribution in [0.25, 0.3) is 0 Å². The molecule has 162 valence electrons. The van der Waals surface area contributed by atoms with Crippen LogP contribution >= 0.6 is 0 Å². The van der Waals surface area contributed by atoms with E-state index in [1.165, 1.54) is 6.07 Å². The van der Waals surface area contributed by atoms with Gasteiger partial charge in [0.25, 0.3) is 0 Å². The summed E-state index contributed by atoms with van der Waals surface area (Å²) in [5.74, 6) is 1.67. The van der Waals surface area contributed by atoms with Crippen molar-refractivity contribution in [3.63, 3.8) is 0 Å². The smallest absolute Gasteiger partial charge is 0.218 e. The van der Waals surface area contributed by atoms with E-state index in [1.807, 2.05) is 24.3 Å². The van der Waals surface area contributed by atoms with Crippen molar-refractivity contribution >= 4 is 17.5 Å². The molecule has 2 aromatic rings. The summed E-state index contributed by atoms with van der Waals surface area (Å²) in [4.78, 5) is 13.4. The Bertz CT molecular complexity index is 1040. The molecule has 1 aromatic heterocycles. The van der Waals surface area contributed by atoms with Crippen molar-refractivity contribution in [3.8, 4) is 0 Å². The number of aliphatic imine (C=N–C) groups is 2. The highest BCUT2D eigenvalue weighted by molar-refractivity contribution is 6.08. The third-order valence-electron chi connectivity index (χ3n) is 5.87. The summed E-state index contributed by atoms with van der Waals surface area (Å²) in [5, 5.41) is 1.63. The van der Waals surface area contributed by atoms with Gasteiger partial charge in [0.2, 0.25) is 5.96 Å². The number of hydrazine groups is 1. The highest BCUT2D eigenvalue weighted by Crippen LogP contribution is 2.33. The number of furan rings is 1. The Morgan fingerprint density at radius 3 is 2.65 bits per heavy atom. The predicted molar refractivity (Wildman–Crippen MR) is 116 cm³/mol. The maximum Gasteiger partial charge on any atom is 0.218 e. The molecule has 0 radical (unpaired) electrons. The lowest BCUT2D eigenvalue weighted by Gasteiger charge is -2.37. The summed E-state index contributed by atoms with van der Waals surface area (Å²) >= 11 is 0. The number of para-hydroxylation sites is 1. The molecule has 5 rings (SSSR count). The zero-order chi connectivity index (χ0) is 21.4. The molecular formula is C21H25FN8O. The summed E-state index contributed by atoms with van der Waals surface area (Å²) < 4.78 is 19.8. The van der Waals surface area contributed by atoms with Crippen LogP contribution in [0.5, 0.6) is 0 Å². The van der Waals surface area contributed by atoms with Crippen molar-refractivity contribution in [2.24, 2.45) is 21.5 Å². The van der Waals surface area contributed by atoms with E-state index < -0.39 is 5.66 Å². The highest BCUT2D eigenvalue weighted by atomic mass is 19.1. The summed E-state index contributed by atoms with van der Waals surface area (Å²) in [7, 11) is 0. The Hall–Kier alpha value is -3.37. The fourth-order valence-corrected chi connectivity index (χ4v) is 4.23. The van der Waals surface area contributed by atoms with Crippen LogP contribution in [0, 0.1) is 5.82 Å². The molecule has 1 fully saturated rings. The second kappa shape index (κ2) is 7.71. The van der Waals surface area contributed by atoms with Gasteiger partial charge in [-0.15, -0.1) is 0 Å². The van der Waals surface area contributed by atoms with E-state index in [4.69, 9.17) is 20.9 Å². The van der Waals surface area contributed by atoms with Gasteiger partial charge in [-0.05, 0) is 24.3 Å². The van der Waals surface area contributed by atoms with Crippen LogP contribution in [0.1, 0.15) is 12.2 Å². The summed E-state index contributed by atoms with van der Waals surface area (Å²) in [6.45, 7) is 3.97. The lowest BCUT2D eigenvalue weighted by Crippen LogP contribution is -2.54. The predicted octanol–water partition coefficient (Wildman–Crippen LogP) is 1.13. The molecule has 3 aliphatic heterocycles. The lowest BCUT2D eigenvalue weighted by molar-refractivity contribution is 0.174. The summed E-state index contributed by atoms with van der Waals surface area (Å²) in [6.07, 6.45) is 3.97. The molecule has 0 bridgehead atoms. The first-order chi connectivity index (χ1) is 15.0. The van der Waals surface area contributed by atoms with Crippen molar-refractivity contribution < 1.29 is 8.81 Å². The maximum atomic E-state index is 14.1. The minimum atomic E-state index is -0.803. The molecule has 3 aliphatic rings. The van der Waals surface area contributed by atoms with Crippen LogP contribution in [0.15, 0.2) is 69.0 Å².